The molecule has 0 saturated carbocycles. The predicted molar refractivity (Wildman–Crippen MR) is 158 cm³/mol. The van der Waals surface area contributed by atoms with Gasteiger partial charge in [0.2, 0.25) is 0 Å². The van der Waals surface area contributed by atoms with E-state index < -0.39 is 0 Å². The van der Waals surface area contributed by atoms with E-state index in [2.05, 4.69) is 86.1 Å². The van der Waals surface area contributed by atoms with E-state index in [1.54, 1.807) is 0 Å². The molecular weight excluding hydrogens is 466 g/mol. The molecule has 35 heavy (non-hydrogen) atoms. The van der Waals surface area contributed by atoms with Crippen molar-refractivity contribution in [1.82, 2.24) is 4.57 Å². The molecule has 3 nitrogen and oxygen atoms in total. The first-order chi connectivity index (χ1) is 17.2. The molecule has 0 fully saturated rings. The second kappa shape index (κ2) is 15.4. The van der Waals surface area contributed by atoms with Crippen LogP contribution in [0.3, 0.4) is 0 Å². The molecule has 2 atom stereocenters. The lowest BCUT2D eigenvalue weighted by molar-refractivity contribution is 0.392. The Morgan fingerprint density at radius 2 is 1.57 bits per heavy atom. The first-order valence-corrected chi connectivity index (χ1v) is 15.5. The number of aromatic nitrogens is 1. The predicted octanol–water partition coefficient (Wildman–Crippen LogP) is 9.20. The van der Waals surface area contributed by atoms with Gasteiger partial charge in [0, 0.05) is 23.7 Å². The summed E-state index contributed by atoms with van der Waals surface area (Å²) in [6.07, 6.45) is 10.3. The van der Waals surface area contributed by atoms with Crippen LogP contribution in [0.4, 0.5) is 5.69 Å². The number of para-hydroxylation sites is 2. The molecule has 1 N–H and O–H groups in total. The topological polar surface area (TPSA) is 29.3 Å². The fraction of sp³-hybridized carbons (Fsp3) is 0.567. The normalized spacial score (nSPS) is 13.9. The fourth-order valence-corrected chi connectivity index (χ4v) is 6.50. The summed E-state index contributed by atoms with van der Waals surface area (Å²) in [5.41, 5.74) is 2.58. The standard InChI is InChI=1S/C30H45N3S2/c1-5-9-15-24(7-3)21-31-26-17-11-13-19-28(26)34-23-32-30-33(22-25(8-4)16-10-6-2)27-18-12-14-20-29(27)35-30/h11-14,17-20,24-25,31H,5-10,15-16,21-23H2,1-4H3/b32-30-. The summed E-state index contributed by atoms with van der Waals surface area (Å²) in [6, 6.07) is 17.5. The largest absolute Gasteiger partial charge is 0.384 e. The molecule has 2 unspecified atom stereocenters. The Hall–Kier alpha value is -1.72. The summed E-state index contributed by atoms with van der Waals surface area (Å²) in [7, 11) is 0. The van der Waals surface area contributed by atoms with Crippen molar-refractivity contribution in [2.24, 2.45) is 16.8 Å². The zero-order valence-corrected chi connectivity index (χ0v) is 23.9. The minimum absolute atomic E-state index is 0.712. The van der Waals surface area contributed by atoms with E-state index in [1.165, 1.54) is 72.2 Å². The first kappa shape index (κ1) is 27.9. The highest BCUT2D eigenvalue weighted by Gasteiger charge is 2.12. The van der Waals surface area contributed by atoms with Crippen molar-refractivity contribution in [3.63, 3.8) is 0 Å². The van der Waals surface area contributed by atoms with Crippen molar-refractivity contribution in [2.75, 3.05) is 17.7 Å². The summed E-state index contributed by atoms with van der Waals surface area (Å²) < 4.78 is 3.81. The zero-order chi connectivity index (χ0) is 24.9. The average Bonchev–Trinajstić information content (AvgIpc) is 3.24. The van der Waals surface area contributed by atoms with Gasteiger partial charge in [0.25, 0.3) is 0 Å². The number of anilines is 1. The highest BCUT2D eigenvalue weighted by atomic mass is 32.2. The quantitative estimate of drug-likeness (QED) is 0.194. The van der Waals surface area contributed by atoms with Crippen molar-refractivity contribution >= 4 is 39.0 Å². The smallest absolute Gasteiger partial charge is 0.186 e. The number of benzene rings is 2. The van der Waals surface area contributed by atoms with Crippen LogP contribution in [0.15, 0.2) is 58.4 Å². The summed E-state index contributed by atoms with van der Waals surface area (Å²) in [6.45, 7) is 11.3. The number of nitrogens with zero attached hydrogens (tertiary/aromatic N) is 2. The molecule has 2 aromatic carbocycles. The van der Waals surface area contributed by atoms with Crippen molar-refractivity contribution in [3.05, 3.63) is 53.3 Å². The molecule has 1 heterocycles. The van der Waals surface area contributed by atoms with Crippen molar-refractivity contribution in [2.45, 2.75) is 90.5 Å². The lowest BCUT2D eigenvalue weighted by Crippen LogP contribution is -2.20. The van der Waals surface area contributed by atoms with Crippen LogP contribution in [-0.4, -0.2) is 17.0 Å². The van der Waals surface area contributed by atoms with Crippen LogP contribution < -0.4 is 10.1 Å². The maximum absolute atomic E-state index is 5.12. The molecule has 1 aromatic heterocycles. The van der Waals surface area contributed by atoms with E-state index in [0.29, 0.717) is 5.92 Å². The Labute approximate surface area is 221 Å². The number of hydrogen-bond donors (Lipinski definition) is 1. The lowest BCUT2D eigenvalue weighted by Gasteiger charge is -2.18. The Morgan fingerprint density at radius 1 is 0.886 bits per heavy atom. The van der Waals surface area contributed by atoms with Crippen LogP contribution in [0.2, 0.25) is 0 Å². The molecular formula is C30H45N3S2. The molecule has 0 spiro atoms. The molecule has 192 valence electrons. The third kappa shape index (κ3) is 8.42. The van der Waals surface area contributed by atoms with Gasteiger partial charge in [-0.05, 0) is 48.9 Å². The van der Waals surface area contributed by atoms with Crippen molar-refractivity contribution in [1.29, 1.82) is 0 Å². The van der Waals surface area contributed by atoms with Crippen LogP contribution in [-0.2, 0) is 6.54 Å². The molecule has 3 rings (SSSR count). The van der Waals surface area contributed by atoms with Crippen LogP contribution in [0.5, 0.6) is 0 Å². The maximum Gasteiger partial charge on any atom is 0.186 e. The van der Waals surface area contributed by atoms with Gasteiger partial charge in [-0.1, -0.05) is 102 Å². The van der Waals surface area contributed by atoms with E-state index in [0.717, 1.165) is 29.7 Å². The minimum atomic E-state index is 0.712. The van der Waals surface area contributed by atoms with Gasteiger partial charge in [0.1, 0.15) is 0 Å². The SMILES string of the molecule is CCCCC(CC)CNc1ccccc1SC/N=c1\sc2ccccc2n1CC(CC)CCCC. The Bertz CT molecular complexity index is 1070. The second-order valence-corrected chi connectivity index (χ2v) is 11.6. The van der Waals surface area contributed by atoms with Gasteiger partial charge in [-0.2, -0.15) is 0 Å². The Morgan fingerprint density at radius 3 is 2.31 bits per heavy atom. The third-order valence-electron chi connectivity index (χ3n) is 7.00. The summed E-state index contributed by atoms with van der Waals surface area (Å²) in [5, 5.41) is 3.74. The highest BCUT2D eigenvalue weighted by Crippen LogP contribution is 2.28. The molecule has 5 heteroatoms. The number of fused-ring (bicyclic) bond motifs is 1. The minimum Gasteiger partial charge on any atom is -0.384 e. The second-order valence-electron chi connectivity index (χ2n) is 9.60. The van der Waals surface area contributed by atoms with Crippen LogP contribution in [0.25, 0.3) is 10.2 Å². The molecule has 0 amide bonds. The van der Waals surface area contributed by atoms with Gasteiger partial charge >= 0.3 is 0 Å². The number of thiazole rings is 1. The van der Waals surface area contributed by atoms with Crippen LogP contribution >= 0.6 is 23.1 Å². The van der Waals surface area contributed by atoms with Gasteiger partial charge in [0.05, 0.1) is 16.1 Å². The zero-order valence-electron chi connectivity index (χ0n) is 22.3. The highest BCUT2D eigenvalue weighted by molar-refractivity contribution is 7.99. The fourth-order valence-electron chi connectivity index (χ4n) is 4.59. The molecule has 0 aliphatic carbocycles. The molecule has 0 aliphatic rings. The maximum atomic E-state index is 5.12. The van der Waals surface area contributed by atoms with Gasteiger partial charge in [-0.25, -0.2) is 4.99 Å². The van der Waals surface area contributed by atoms with E-state index in [1.807, 2.05) is 23.1 Å². The van der Waals surface area contributed by atoms with Crippen molar-refractivity contribution in [3.8, 4) is 0 Å². The molecule has 3 aromatic rings. The molecule has 0 bridgehead atoms. The molecule has 0 saturated heterocycles. The monoisotopic (exact) mass is 511 g/mol. The molecule has 0 aliphatic heterocycles. The van der Waals surface area contributed by atoms with Crippen LogP contribution in [0, 0.1) is 11.8 Å². The van der Waals surface area contributed by atoms with Gasteiger partial charge < -0.3 is 9.88 Å². The summed E-state index contributed by atoms with van der Waals surface area (Å²) in [4.78, 5) is 7.57. The number of hydrogen-bond acceptors (Lipinski definition) is 4. The third-order valence-corrected chi connectivity index (χ3v) is 9.03. The number of nitrogens with one attached hydrogen (secondary N) is 1. The number of thioether (sulfide) groups is 1. The first-order valence-electron chi connectivity index (χ1n) is 13.7. The van der Waals surface area contributed by atoms with Gasteiger partial charge in [-0.15, -0.1) is 11.8 Å². The van der Waals surface area contributed by atoms with Gasteiger partial charge in [-0.3, -0.25) is 0 Å². The van der Waals surface area contributed by atoms with E-state index >= 15 is 0 Å². The Balaban J connectivity index is 1.74. The summed E-state index contributed by atoms with van der Waals surface area (Å²) >= 11 is 3.67. The average molecular weight is 512 g/mol. The molecule has 0 radical (unpaired) electrons. The Kier molecular flexibility index (Phi) is 12.3. The number of rotatable bonds is 16. The van der Waals surface area contributed by atoms with E-state index in [-0.39, 0.29) is 0 Å². The van der Waals surface area contributed by atoms with Crippen molar-refractivity contribution < 1.29 is 0 Å². The van der Waals surface area contributed by atoms with E-state index in [9.17, 15) is 0 Å². The van der Waals surface area contributed by atoms with Crippen LogP contribution in [0.1, 0.15) is 79.1 Å². The lowest BCUT2D eigenvalue weighted by atomic mass is 9.99. The summed E-state index contributed by atoms with van der Waals surface area (Å²) in [5.74, 6) is 2.20. The van der Waals surface area contributed by atoms with Gasteiger partial charge in [0.15, 0.2) is 4.80 Å². The number of unbranched alkanes of at least 4 members (excludes halogenated alkanes) is 2. The van der Waals surface area contributed by atoms with E-state index in [4.69, 9.17) is 4.99 Å².